The molecule has 3 aromatic carbocycles. The number of carbonyl (C=O) groups excluding carboxylic acids is 3. The summed E-state index contributed by atoms with van der Waals surface area (Å²) in [6, 6.07) is 18.6. The molecular formula is C32H28F3N7O8S. The number of benzene rings is 3. The number of imide groups is 1. The zero-order valence-electron chi connectivity index (χ0n) is 26.6. The summed E-state index contributed by atoms with van der Waals surface area (Å²) < 4.78 is 74.2. The largest absolute Gasteiger partial charge is 0.569 e. The summed E-state index contributed by atoms with van der Waals surface area (Å²) in [7, 11) is -4.44. The molecule has 0 bridgehead atoms. The number of aryl methyl sites for hydroxylation is 1. The van der Waals surface area contributed by atoms with Crippen LogP contribution in [0.4, 0.5) is 18.0 Å². The van der Waals surface area contributed by atoms with Crippen LogP contribution in [0, 0.1) is 18.0 Å². The lowest BCUT2D eigenvalue weighted by Gasteiger charge is -2.14. The highest BCUT2D eigenvalue weighted by Crippen LogP contribution is 2.33. The van der Waals surface area contributed by atoms with Gasteiger partial charge in [-0.25, -0.2) is 27.5 Å². The first kappa shape index (κ1) is 34.9. The first-order valence-corrected chi connectivity index (χ1v) is 16.7. The van der Waals surface area contributed by atoms with Crippen molar-refractivity contribution in [3.63, 3.8) is 0 Å². The number of fused-ring (bicyclic) bond motifs is 1. The van der Waals surface area contributed by atoms with Gasteiger partial charge in [0.2, 0.25) is 12.0 Å². The van der Waals surface area contributed by atoms with E-state index in [1.54, 1.807) is 41.1 Å². The van der Waals surface area contributed by atoms with Crippen molar-refractivity contribution in [2.45, 2.75) is 24.4 Å². The second-order valence-corrected chi connectivity index (χ2v) is 13.3. The van der Waals surface area contributed by atoms with Gasteiger partial charge in [-0.1, -0.05) is 42.0 Å². The van der Waals surface area contributed by atoms with Crippen LogP contribution < -0.4 is 4.72 Å². The number of amides is 3. The number of carbonyl (C=O) groups is 3. The summed E-state index contributed by atoms with van der Waals surface area (Å²) in [6.45, 7) is 1.26. The Morgan fingerprint density at radius 2 is 1.69 bits per heavy atom. The Morgan fingerprint density at radius 1 is 1.04 bits per heavy atom. The summed E-state index contributed by atoms with van der Waals surface area (Å²) in [5.74, 6) is -1.54. The van der Waals surface area contributed by atoms with Gasteiger partial charge in [0.25, 0.3) is 21.8 Å². The van der Waals surface area contributed by atoms with Crippen LogP contribution in [0.3, 0.4) is 0 Å². The molecule has 0 aliphatic carbocycles. The normalized spacial score (nSPS) is 16.4. The minimum Gasteiger partial charge on any atom is -0.569 e. The average molecular weight is 728 g/mol. The third-order valence-electron chi connectivity index (χ3n) is 8.11. The van der Waals surface area contributed by atoms with E-state index in [4.69, 9.17) is 9.57 Å². The van der Waals surface area contributed by atoms with Gasteiger partial charge in [0, 0.05) is 11.5 Å². The van der Waals surface area contributed by atoms with Crippen LogP contribution in [-0.2, 0) is 25.8 Å². The lowest BCUT2D eigenvalue weighted by Crippen LogP contribution is -2.34. The fraction of sp³-hybridized carbons (Fsp3) is 0.250. The number of sulfonamides is 1. The smallest absolute Gasteiger partial charge is 0.435 e. The van der Waals surface area contributed by atoms with Crippen molar-refractivity contribution in [3.05, 3.63) is 106 Å². The Labute approximate surface area is 288 Å². The number of rotatable bonds is 10. The highest BCUT2D eigenvalue weighted by molar-refractivity contribution is 7.90. The van der Waals surface area contributed by atoms with Crippen LogP contribution in [0.15, 0.2) is 89.0 Å². The maximum absolute atomic E-state index is 13.5. The summed E-state index contributed by atoms with van der Waals surface area (Å²) in [4.78, 5) is 42.7. The van der Waals surface area contributed by atoms with E-state index in [2.05, 4.69) is 10.4 Å². The third kappa shape index (κ3) is 7.47. The van der Waals surface area contributed by atoms with Crippen LogP contribution in [0.25, 0.3) is 16.9 Å². The molecule has 1 unspecified atom stereocenters. The number of hydrazine groups is 1. The highest BCUT2D eigenvalue weighted by Gasteiger charge is 2.37. The van der Waals surface area contributed by atoms with Crippen LogP contribution in [-0.4, -0.2) is 77.4 Å². The molecule has 0 radical (unpaired) electrons. The lowest BCUT2D eigenvalue weighted by atomic mass is 10.1. The second-order valence-electron chi connectivity index (χ2n) is 11.6. The van der Waals surface area contributed by atoms with Crippen molar-refractivity contribution in [2.24, 2.45) is 11.2 Å². The zero-order valence-corrected chi connectivity index (χ0v) is 27.4. The van der Waals surface area contributed by atoms with Gasteiger partial charge in [0.1, 0.15) is 0 Å². The van der Waals surface area contributed by atoms with Crippen LogP contribution in [0.2, 0.25) is 0 Å². The summed E-state index contributed by atoms with van der Waals surface area (Å²) in [5, 5.41) is 20.7. The average Bonchev–Trinajstić information content (AvgIpc) is 3.82. The number of ether oxygens (including phenoxy) is 1. The maximum atomic E-state index is 13.5. The van der Waals surface area contributed by atoms with Crippen LogP contribution >= 0.6 is 0 Å². The summed E-state index contributed by atoms with van der Waals surface area (Å²) in [5.41, 5.74) is 0.931. The van der Waals surface area contributed by atoms with Gasteiger partial charge in [-0.3, -0.25) is 9.59 Å². The molecule has 1 N–H and O–H groups in total. The Bertz CT molecular complexity index is 2090. The molecule has 19 heteroatoms. The number of hydrogen-bond donors (Lipinski definition) is 1. The van der Waals surface area contributed by atoms with E-state index in [9.17, 15) is 41.2 Å². The minimum absolute atomic E-state index is 0.0684. The topological polar surface area (TPSA) is 179 Å². The van der Waals surface area contributed by atoms with Gasteiger partial charge in [-0.15, -0.1) is 5.01 Å². The van der Waals surface area contributed by atoms with Crippen molar-refractivity contribution in [2.75, 3.05) is 26.4 Å². The van der Waals surface area contributed by atoms with Crippen molar-refractivity contribution < 1.29 is 50.5 Å². The van der Waals surface area contributed by atoms with Crippen molar-refractivity contribution >= 4 is 27.9 Å². The Hall–Kier alpha value is -5.98. The summed E-state index contributed by atoms with van der Waals surface area (Å²) >= 11 is 0. The fourth-order valence-corrected chi connectivity index (χ4v) is 6.34. The number of nitrogens with zero attached hydrogens (tertiary/aromatic N) is 6. The number of nitrogens with one attached hydrogen (secondary N) is 1. The number of hydrogen-bond acceptors (Lipinski definition) is 10. The van der Waals surface area contributed by atoms with Gasteiger partial charge >= 0.3 is 12.3 Å². The molecule has 0 saturated carbocycles. The van der Waals surface area contributed by atoms with Gasteiger partial charge in [-0.2, -0.15) is 18.3 Å². The van der Waals surface area contributed by atoms with Gasteiger partial charge in [0.05, 0.1) is 52.1 Å². The minimum atomic E-state index is -4.72. The van der Waals surface area contributed by atoms with E-state index in [1.165, 1.54) is 29.3 Å². The number of halogens is 3. The van der Waals surface area contributed by atoms with Crippen molar-refractivity contribution in [1.82, 2.24) is 24.4 Å². The second kappa shape index (κ2) is 13.7. The molecule has 2 aliphatic rings. The predicted molar refractivity (Wildman–Crippen MR) is 169 cm³/mol. The molecular weight excluding hydrogens is 699 g/mol. The van der Waals surface area contributed by atoms with Crippen LogP contribution in [0.5, 0.6) is 0 Å². The van der Waals surface area contributed by atoms with E-state index in [-0.39, 0.29) is 58.0 Å². The maximum Gasteiger partial charge on any atom is 0.435 e. The SMILES string of the molecule is Cc1ccc(-c2cc(C(F)(F)F)nn2-c2ccc(S(=O)(=O)NC(=O)OCC3CCN([N+]([O-])=NOCN4C(=O)c5ccccc5C4=O)C3)cc2)cc1. The molecule has 51 heavy (non-hydrogen) atoms. The first-order chi connectivity index (χ1) is 24.2. The molecule has 3 amide bonds. The molecule has 15 nitrogen and oxygen atoms in total. The van der Waals surface area contributed by atoms with Gasteiger partial charge in [-0.05, 0) is 55.8 Å². The van der Waals surface area contributed by atoms with Crippen LogP contribution in [0.1, 0.15) is 38.4 Å². The first-order valence-electron chi connectivity index (χ1n) is 15.3. The molecule has 1 aromatic heterocycles. The Balaban J connectivity index is 1.01. The molecule has 2 aliphatic heterocycles. The fourth-order valence-electron chi connectivity index (χ4n) is 5.45. The van der Waals surface area contributed by atoms with E-state index in [1.807, 2.05) is 6.92 Å². The molecule has 1 fully saturated rings. The molecule has 3 heterocycles. The Kier molecular flexibility index (Phi) is 9.39. The molecule has 4 aromatic rings. The third-order valence-corrected chi connectivity index (χ3v) is 9.43. The van der Waals surface area contributed by atoms with Gasteiger partial charge < -0.3 is 14.8 Å². The summed E-state index contributed by atoms with van der Waals surface area (Å²) in [6.07, 6.45) is -5.63. The highest BCUT2D eigenvalue weighted by atomic mass is 32.2. The standard InChI is InChI=1S/C32H28F3N7O8S/c1-20-6-8-22(9-7-20)27-16-28(32(33,34)35)36-41(27)23-10-12-24(13-11-23)51(47,48)37-31(45)49-18-21-14-15-39(17-21)42(46)38-50-19-40-29(43)25-4-2-3-5-26(25)30(40)44/h2-13,16,21H,14-15,17-19H2,1H3,(H,37,45). The van der Waals surface area contributed by atoms with E-state index in [0.717, 1.165) is 33.3 Å². The predicted octanol–water partition coefficient (Wildman–Crippen LogP) is 4.67. The molecule has 1 atom stereocenters. The van der Waals surface area contributed by atoms with E-state index >= 15 is 0 Å². The quantitative estimate of drug-likeness (QED) is 0.105. The molecule has 1 saturated heterocycles. The molecule has 6 rings (SSSR count). The van der Waals surface area contributed by atoms with E-state index < -0.39 is 46.5 Å². The van der Waals surface area contributed by atoms with E-state index in [0.29, 0.717) is 12.0 Å². The van der Waals surface area contributed by atoms with Gasteiger partial charge in [0.15, 0.2) is 5.69 Å². The number of aromatic nitrogens is 2. The zero-order chi connectivity index (χ0) is 36.5. The van der Waals surface area contributed by atoms with Crippen molar-refractivity contribution in [3.8, 4) is 16.9 Å². The van der Waals surface area contributed by atoms with Crippen molar-refractivity contribution in [1.29, 1.82) is 0 Å². The lowest BCUT2D eigenvalue weighted by molar-refractivity contribution is -0.708. The Morgan fingerprint density at radius 3 is 2.31 bits per heavy atom. The monoisotopic (exact) mass is 727 g/mol. The molecule has 0 spiro atoms. The number of alkyl halides is 3. The molecule has 266 valence electrons.